The number of rotatable bonds is 2. The maximum absolute atomic E-state index is 5.93. The van der Waals surface area contributed by atoms with E-state index in [1.54, 1.807) is 0 Å². The number of nitrogens with two attached hydrogens (primary N) is 1. The number of likely N-dealkylation sites (tertiary alicyclic amines) is 1. The summed E-state index contributed by atoms with van der Waals surface area (Å²) in [5.74, 6) is 0.308. The Hall–Kier alpha value is -0.870. The van der Waals surface area contributed by atoms with Crippen molar-refractivity contribution in [3.05, 3.63) is 16.8 Å². The van der Waals surface area contributed by atoms with Gasteiger partial charge in [0.05, 0.1) is 10.7 Å². The topological polar surface area (TPSA) is 55.0 Å². The minimum atomic E-state index is 0.308. The zero-order valence-corrected chi connectivity index (χ0v) is 10.2. The first-order valence-electron chi connectivity index (χ1n) is 5.64. The van der Waals surface area contributed by atoms with Crippen LogP contribution in [0.2, 0.25) is 5.02 Å². The summed E-state index contributed by atoms with van der Waals surface area (Å²) >= 11 is 5.93. The number of piperidine rings is 1. The maximum atomic E-state index is 5.93. The Kier molecular flexibility index (Phi) is 3.61. The van der Waals surface area contributed by atoms with Crippen molar-refractivity contribution >= 4 is 17.4 Å². The zero-order valence-electron chi connectivity index (χ0n) is 9.49. The van der Waals surface area contributed by atoms with Gasteiger partial charge in [0.25, 0.3) is 0 Å². The molecule has 1 saturated heterocycles. The van der Waals surface area contributed by atoms with Gasteiger partial charge < -0.3 is 10.6 Å². The van der Waals surface area contributed by atoms with Crippen molar-refractivity contribution < 1.29 is 0 Å². The normalized spacial score (nSPS) is 22.2. The minimum absolute atomic E-state index is 0.308. The van der Waals surface area contributed by atoms with E-state index in [4.69, 9.17) is 17.3 Å². The molecule has 0 aliphatic carbocycles. The molecule has 1 aromatic rings. The molecule has 16 heavy (non-hydrogen) atoms. The summed E-state index contributed by atoms with van der Waals surface area (Å²) in [6.07, 6.45) is 4.72. The third-order valence-electron chi connectivity index (χ3n) is 3.19. The molecular weight excluding hydrogens is 224 g/mol. The molecule has 1 aliphatic heterocycles. The predicted octanol–water partition coefficient (Wildman–Crippen LogP) is 1.74. The summed E-state index contributed by atoms with van der Waals surface area (Å²) in [4.78, 5) is 2.38. The smallest absolute Gasteiger partial charge is 0.164 e. The van der Waals surface area contributed by atoms with E-state index in [1.165, 1.54) is 25.8 Å². The van der Waals surface area contributed by atoms with Crippen molar-refractivity contribution in [1.82, 2.24) is 15.1 Å². The lowest BCUT2D eigenvalue weighted by Gasteiger charge is -2.32. The Morgan fingerprint density at radius 3 is 3.00 bits per heavy atom. The van der Waals surface area contributed by atoms with Gasteiger partial charge in [0.1, 0.15) is 0 Å². The van der Waals surface area contributed by atoms with Crippen LogP contribution in [0.3, 0.4) is 0 Å². The second kappa shape index (κ2) is 4.97. The van der Waals surface area contributed by atoms with E-state index in [0.29, 0.717) is 16.9 Å². The Morgan fingerprint density at radius 2 is 2.31 bits per heavy atom. The van der Waals surface area contributed by atoms with Crippen LogP contribution in [0.1, 0.15) is 25.0 Å². The third kappa shape index (κ3) is 2.62. The number of likely N-dealkylation sites (N-methyl/N-ethyl adjacent to an activating group) is 1. The molecule has 2 N–H and O–H groups in total. The molecule has 1 unspecified atom stereocenters. The van der Waals surface area contributed by atoms with E-state index < -0.39 is 0 Å². The zero-order chi connectivity index (χ0) is 11.5. The van der Waals surface area contributed by atoms with E-state index in [0.717, 1.165) is 12.1 Å². The molecule has 0 bridgehead atoms. The van der Waals surface area contributed by atoms with Crippen LogP contribution in [0.5, 0.6) is 0 Å². The van der Waals surface area contributed by atoms with E-state index in [2.05, 4.69) is 22.1 Å². The first kappa shape index (κ1) is 11.6. The van der Waals surface area contributed by atoms with Gasteiger partial charge in [0.2, 0.25) is 0 Å². The first-order chi connectivity index (χ1) is 7.66. The standard InChI is InChI=1S/C11H17ClN4/c1-16-5-3-2-4-9(16)6-8-7-10(12)11(13)15-14-8/h7,9H,2-6H2,1H3,(H2,13,15). The molecule has 0 radical (unpaired) electrons. The van der Waals surface area contributed by atoms with Crippen molar-refractivity contribution in [2.45, 2.75) is 31.7 Å². The highest BCUT2D eigenvalue weighted by atomic mass is 35.5. The minimum Gasteiger partial charge on any atom is -0.381 e. The van der Waals surface area contributed by atoms with Crippen molar-refractivity contribution in [3.8, 4) is 0 Å². The Balaban J connectivity index is 2.05. The van der Waals surface area contributed by atoms with Crippen LogP contribution in [0.15, 0.2) is 6.07 Å². The summed E-state index contributed by atoms with van der Waals surface area (Å²) in [5, 5.41) is 8.43. The summed E-state index contributed by atoms with van der Waals surface area (Å²) in [6.45, 7) is 1.17. The lowest BCUT2D eigenvalue weighted by molar-refractivity contribution is 0.183. The van der Waals surface area contributed by atoms with Crippen molar-refractivity contribution in [2.75, 3.05) is 19.3 Å². The van der Waals surface area contributed by atoms with Crippen molar-refractivity contribution in [2.24, 2.45) is 0 Å². The average molecular weight is 241 g/mol. The van der Waals surface area contributed by atoms with E-state index in [-0.39, 0.29) is 0 Å². The molecule has 1 atom stereocenters. The molecule has 1 aliphatic rings. The van der Waals surface area contributed by atoms with Crippen LogP contribution < -0.4 is 5.73 Å². The fourth-order valence-electron chi connectivity index (χ4n) is 2.16. The number of halogens is 1. The van der Waals surface area contributed by atoms with E-state index >= 15 is 0 Å². The first-order valence-corrected chi connectivity index (χ1v) is 6.02. The van der Waals surface area contributed by atoms with Gasteiger partial charge in [-0.05, 0) is 32.5 Å². The monoisotopic (exact) mass is 240 g/mol. The number of nitrogen functional groups attached to an aromatic ring is 1. The molecule has 5 heteroatoms. The summed E-state index contributed by atoms with van der Waals surface area (Å²) in [6, 6.07) is 2.38. The molecule has 1 aromatic heterocycles. The summed E-state index contributed by atoms with van der Waals surface area (Å²) < 4.78 is 0. The van der Waals surface area contributed by atoms with Gasteiger partial charge >= 0.3 is 0 Å². The van der Waals surface area contributed by atoms with Crippen LogP contribution >= 0.6 is 11.6 Å². The van der Waals surface area contributed by atoms with Gasteiger partial charge in [-0.3, -0.25) is 0 Å². The highest BCUT2D eigenvalue weighted by Crippen LogP contribution is 2.20. The van der Waals surface area contributed by atoms with Crippen molar-refractivity contribution in [1.29, 1.82) is 0 Å². The fourth-order valence-corrected chi connectivity index (χ4v) is 2.32. The van der Waals surface area contributed by atoms with Gasteiger partial charge in [0, 0.05) is 12.5 Å². The second-order valence-corrected chi connectivity index (χ2v) is 4.81. The number of anilines is 1. The summed E-state index contributed by atoms with van der Waals surface area (Å²) in [7, 11) is 2.16. The molecule has 88 valence electrons. The van der Waals surface area contributed by atoms with Gasteiger partial charge in [-0.1, -0.05) is 18.0 Å². The Morgan fingerprint density at radius 1 is 1.50 bits per heavy atom. The number of nitrogens with zero attached hydrogens (tertiary/aromatic N) is 3. The quantitative estimate of drug-likeness (QED) is 0.856. The Bertz CT molecular complexity index is 369. The van der Waals surface area contributed by atoms with Crippen LogP contribution in [0.25, 0.3) is 0 Å². The molecule has 4 nitrogen and oxygen atoms in total. The number of hydrogen-bond donors (Lipinski definition) is 1. The van der Waals surface area contributed by atoms with Gasteiger partial charge in [-0.15, -0.1) is 5.10 Å². The number of hydrogen-bond acceptors (Lipinski definition) is 4. The lowest BCUT2D eigenvalue weighted by atomic mass is 9.98. The van der Waals surface area contributed by atoms with Crippen LogP contribution in [-0.2, 0) is 6.42 Å². The highest BCUT2D eigenvalue weighted by Gasteiger charge is 2.20. The molecular formula is C11H17ClN4. The van der Waals surface area contributed by atoms with E-state index in [9.17, 15) is 0 Å². The van der Waals surface area contributed by atoms with Gasteiger partial charge in [-0.2, -0.15) is 5.10 Å². The summed E-state index contributed by atoms with van der Waals surface area (Å²) in [5.41, 5.74) is 6.46. The fraction of sp³-hybridized carbons (Fsp3) is 0.636. The number of aromatic nitrogens is 2. The van der Waals surface area contributed by atoms with Gasteiger partial charge in [0.15, 0.2) is 5.82 Å². The Labute approximate surface area is 101 Å². The molecule has 0 spiro atoms. The lowest BCUT2D eigenvalue weighted by Crippen LogP contribution is -2.37. The average Bonchev–Trinajstić information content (AvgIpc) is 2.27. The van der Waals surface area contributed by atoms with Crippen LogP contribution in [-0.4, -0.2) is 34.7 Å². The predicted molar refractivity (Wildman–Crippen MR) is 65.4 cm³/mol. The SMILES string of the molecule is CN1CCCCC1Cc1cc(Cl)c(N)nn1. The second-order valence-electron chi connectivity index (χ2n) is 4.40. The maximum Gasteiger partial charge on any atom is 0.164 e. The molecule has 1 fully saturated rings. The van der Waals surface area contributed by atoms with E-state index in [1.807, 2.05) is 6.07 Å². The van der Waals surface area contributed by atoms with Crippen LogP contribution in [0.4, 0.5) is 5.82 Å². The largest absolute Gasteiger partial charge is 0.381 e. The van der Waals surface area contributed by atoms with Gasteiger partial charge in [-0.25, -0.2) is 0 Å². The van der Waals surface area contributed by atoms with Crippen LogP contribution in [0, 0.1) is 0 Å². The molecule has 0 aromatic carbocycles. The highest BCUT2D eigenvalue weighted by molar-refractivity contribution is 6.32. The molecule has 2 heterocycles. The molecule has 2 rings (SSSR count). The molecule has 0 amide bonds. The third-order valence-corrected chi connectivity index (χ3v) is 3.49. The van der Waals surface area contributed by atoms with Crippen molar-refractivity contribution in [3.63, 3.8) is 0 Å². The molecule has 0 saturated carbocycles.